The van der Waals surface area contributed by atoms with Crippen LogP contribution in [-0.4, -0.2) is 57.8 Å². The van der Waals surface area contributed by atoms with Gasteiger partial charge in [0.15, 0.2) is 0 Å². The zero-order valence-electron chi connectivity index (χ0n) is 11.6. The van der Waals surface area contributed by atoms with Crippen molar-refractivity contribution in [2.45, 2.75) is 39.2 Å². The molecule has 6 heteroatoms. The van der Waals surface area contributed by atoms with E-state index in [4.69, 9.17) is 0 Å². The van der Waals surface area contributed by atoms with Crippen LogP contribution in [0, 0.1) is 0 Å². The van der Waals surface area contributed by atoms with Gasteiger partial charge in [-0.25, -0.2) is 13.1 Å². The first-order valence-corrected chi connectivity index (χ1v) is 8.62. The molecule has 5 nitrogen and oxygen atoms in total. The van der Waals surface area contributed by atoms with Crippen LogP contribution in [0.15, 0.2) is 0 Å². The lowest BCUT2D eigenvalue weighted by atomic mass is 10.2. The van der Waals surface area contributed by atoms with Gasteiger partial charge in [-0.15, -0.1) is 0 Å². The van der Waals surface area contributed by atoms with E-state index in [0.717, 1.165) is 45.4 Å². The van der Waals surface area contributed by atoms with Gasteiger partial charge in [0.05, 0.1) is 5.75 Å². The largest absolute Gasteiger partial charge is 0.314 e. The summed E-state index contributed by atoms with van der Waals surface area (Å²) in [7, 11) is -3.12. The summed E-state index contributed by atoms with van der Waals surface area (Å²) in [6.45, 7) is 8.50. The van der Waals surface area contributed by atoms with Crippen LogP contribution in [0.1, 0.15) is 33.1 Å². The van der Waals surface area contributed by atoms with Crippen LogP contribution in [0.5, 0.6) is 0 Å². The Morgan fingerprint density at radius 2 is 2.00 bits per heavy atom. The number of rotatable bonds is 8. The molecular weight excluding hydrogens is 250 g/mol. The van der Waals surface area contributed by atoms with Gasteiger partial charge in [0.25, 0.3) is 0 Å². The second-order valence-corrected chi connectivity index (χ2v) is 6.95. The standard InChI is InChI=1S/C12H27N3O2S/c1-3-4-5-12(2)14-18(16,17)11-10-15-8-6-13-7-9-15/h12-14H,3-11H2,1-2H3. The Hall–Kier alpha value is -0.170. The van der Waals surface area contributed by atoms with Crippen molar-refractivity contribution in [3.8, 4) is 0 Å². The molecule has 0 spiro atoms. The van der Waals surface area contributed by atoms with Crippen molar-refractivity contribution in [1.29, 1.82) is 0 Å². The Labute approximate surface area is 111 Å². The second-order valence-electron chi connectivity index (χ2n) is 5.07. The summed E-state index contributed by atoms with van der Waals surface area (Å²) in [4.78, 5) is 2.20. The first-order valence-electron chi connectivity index (χ1n) is 6.96. The summed E-state index contributed by atoms with van der Waals surface area (Å²) in [5.41, 5.74) is 0. The van der Waals surface area contributed by atoms with Crippen molar-refractivity contribution < 1.29 is 8.42 Å². The third kappa shape index (κ3) is 6.68. The third-order valence-electron chi connectivity index (χ3n) is 3.26. The first-order chi connectivity index (χ1) is 8.53. The van der Waals surface area contributed by atoms with Gasteiger partial charge in [0, 0.05) is 38.8 Å². The summed E-state index contributed by atoms with van der Waals surface area (Å²) >= 11 is 0. The van der Waals surface area contributed by atoms with Gasteiger partial charge in [0.1, 0.15) is 0 Å². The number of sulfonamides is 1. The lowest BCUT2D eigenvalue weighted by Gasteiger charge is -2.27. The molecule has 1 atom stereocenters. The molecule has 0 aromatic carbocycles. The molecule has 1 saturated heterocycles. The summed E-state index contributed by atoms with van der Waals surface area (Å²) < 4.78 is 26.5. The zero-order chi connectivity index (χ0) is 13.4. The van der Waals surface area contributed by atoms with Crippen LogP contribution in [-0.2, 0) is 10.0 Å². The lowest BCUT2D eigenvalue weighted by Crippen LogP contribution is -2.46. The van der Waals surface area contributed by atoms with E-state index in [1.54, 1.807) is 0 Å². The lowest BCUT2D eigenvalue weighted by molar-refractivity contribution is 0.253. The Morgan fingerprint density at radius 1 is 1.33 bits per heavy atom. The molecule has 108 valence electrons. The summed E-state index contributed by atoms with van der Waals surface area (Å²) in [5, 5.41) is 3.26. The highest BCUT2D eigenvalue weighted by Crippen LogP contribution is 2.02. The fourth-order valence-corrected chi connectivity index (χ4v) is 3.47. The molecule has 18 heavy (non-hydrogen) atoms. The topological polar surface area (TPSA) is 61.4 Å². The van der Waals surface area contributed by atoms with E-state index in [-0.39, 0.29) is 11.8 Å². The van der Waals surface area contributed by atoms with Gasteiger partial charge in [-0.05, 0) is 13.3 Å². The fourth-order valence-electron chi connectivity index (χ4n) is 2.12. The minimum absolute atomic E-state index is 0.0537. The van der Waals surface area contributed by atoms with Gasteiger partial charge in [-0.3, -0.25) is 4.90 Å². The molecule has 1 rings (SSSR count). The van der Waals surface area contributed by atoms with E-state index in [2.05, 4.69) is 21.9 Å². The number of unbranched alkanes of at least 4 members (excludes halogenated alkanes) is 1. The van der Waals surface area contributed by atoms with Crippen LogP contribution in [0.2, 0.25) is 0 Å². The van der Waals surface area contributed by atoms with Gasteiger partial charge in [0.2, 0.25) is 10.0 Å². The Kier molecular flexibility index (Phi) is 7.14. The van der Waals surface area contributed by atoms with Crippen molar-refractivity contribution >= 4 is 10.0 Å². The molecule has 0 radical (unpaired) electrons. The molecule has 0 aromatic heterocycles. The first kappa shape index (κ1) is 15.9. The predicted molar refractivity (Wildman–Crippen MR) is 75.2 cm³/mol. The summed E-state index contributed by atoms with van der Waals surface area (Å²) in [5.74, 6) is 0.212. The third-order valence-corrected chi connectivity index (χ3v) is 4.74. The second kappa shape index (κ2) is 8.09. The van der Waals surface area contributed by atoms with E-state index in [9.17, 15) is 8.42 Å². The Balaban J connectivity index is 2.25. The molecule has 0 saturated carbocycles. The highest BCUT2D eigenvalue weighted by molar-refractivity contribution is 7.89. The average Bonchev–Trinajstić information content (AvgIpc) is 2.35. The number of nitrogens with one attached hydrogen (secondary N) is 2. The minimum atomic E-state index is -3.12. The maximum Gasteiger partial charge on any atom is 0.213 e. The molecular formula is C12H27N3O2S. The number of piperazine rings is 1. The zero-order valence-corrected chi connectivity index (χ0v) is 12.4. The highest BCUT2D eigenvalue weighted by Gasteiger charge is 2.17. The summed E-state index contributed by atoms with van der Waals surface area (Å²) in [6, 6.07) is 0.0537. The molecule has 0 aliphatic carbocycles. The number of hydrogen-bond acceptors (Lipinski definition) is 4. The minimum Gasteiger partial charge on any atom is -0.314 e. The van der Waals surface area contributed by atoms with E-state index in [0.29, 0.717) is 6.54 Å². The molecule has 1 heterocycles. The van der Waals surface area contributed by atoms with E-state index >= 15 is 0 Å². The molecule has 1 aliphatic rings. The molecule has 1 fully saturated rings. The molecule has 0 bridgehead atoms. The van der Waals surface area contributed by atoms with Crippen LogP contribution < -0.4 is 10.0 Å². The van der Waals surface area contributed by atoms with Gasteiger partial charge < -0.3 is 5.32 Å². The number of hydrogen-bond donors (Lipinski definition) is 2. The van der Waals surface area contributed by atoms with Crippen molar-refractivity contribution in [3.05, 3.63) is 0 Å². The molecule has 1 unspecified atom stereocenters. The molecule has 0 amide bonds. The fraction of sp³-hybridized carbons (Fsp3) is 1.00. The molecule has 0 aromatic rings. The van der Waals surface area contributed by atoms with Crippen molar-refractivity contribution in [2.24, 2.45) is 0 Å². The van der Waals surface area contributed by atoms with Crippen molar-refractivity contribution in [1.82, 2.24) is 14.9 Å². The van der Waals surface area contributed by atoms with Crippen LogP contribution in [0.25, 0.3) is 0 Å². The highest BCUT2D eigenvalue weighted by atomic mass is 32.2. The maximum atomic E-state index is 11.9. The maximum absolute atomic E-state index is 11.9. The number of nitrogens with zero attached hydrogens (tertiary/aromatic N) is 1. The Morgan fingerprint density at radius 3 is 2.61 bits per heavy atom. The van der Waals surface area contributed by atoms with Gasteiger partial charge in [-0.2, -0.15) is 0 Å². The average molecular weight is 277 g/mol. The van der Waals surface area contributed by atoms with Crippen LogP contribution in [0.4, 0.5) is 0 Å². The van der Waals surface area contributed by atoms with E-state index in [1.165, 1.54) is 0 Å². The normalized spacial score (nSPS) is 19.9. The SMILES string of the molecule is CCCCC(C)NS(=O)(=O)CCN1CCNCC1. The smallest absolute Gasteiger partial charge is 0.213 e. The summed E-state index contributed by atoms with van der Waals surface area (Å²) in [6.07, 6.45) is 3.09. The van der Waals surface area contributed by atoms with Crippen LogP contribution in [0.3, 0.4) is 0 Å². The van der Waals surface area contributed by atoms with Gasteiger partial charge >= 0.3 is 0 Å². The van der Waals surface area contributed by atoms with Crippen molar-refractivity contribution in [2.75, 3.05) is 38.5 Å². The predicted octanol–water partition coefficient (Wildman–Crippen LogP) is 0.390. The van der Waals surface area contributed by atoms with Crippen LogP contribution >= 0.6 is 0 Å². The Bertz CT molecular complexity index is 313. The monoisotopic (exact) mass is 277 g/mol. The van der Waals surface area contributed by atoms with E-state index < -0.39 is 10.0 Å². The molecule has 1 aliphatic heterocycles. The van der Waals surface area contributed by atoms with Crippen molar-refractivity contribution in [3.63, 3.8) is 0 Å². The van der Waals surface area contributed by atoms with Gasteiger partial charge in [-0.1, -0.05) is 19.8 Å². The molecule has 2 N–H and O–H groups in total. The van der Waals surface area contributed by atoms with E-state index in [1.807, 2.05) is 6.92 Å². The quantitative estimate of drug-likeness (QED) is 0.674.